The van der Waals surface area contributed by atoms with Crippen LogP contribution in [0.1, 0.15) is 35.3 Å². The molecule has 0 aromatic heterocycles. The lowest BCUT2D eigenvalue weighted by Gasteiger charge is -2.17. The molecule has 0 saturated heterocycles. The minimum Gasteiger partial charge on any atom is -0.355 e. The Labute approximate surface area is 148 Å². The van der Waals surface area contributed by atoms with Crippen LogP contribution in [0.25, 0.3) is 0 Å². The number of benzene rings is 2. The van der Waals surface area contributed by atoms with Gasteiger partial charge in [0.05, 0.1) is 11.3 Å². The van der Waals surface area contributed by atoms with Gasteiger partial charge in [-0.3, -0.25) is 9.59 Å². The summed E-state index contributed by atoms with van der Waals surface area (Å²) in [7, 11) is 0. The van der Waals surface area contributed by atoms with Gasteiger partial charge in [-0.25, -0.2) is 0 Å². The van der Waals surface area contributed by atoms with Gasteiger partial charge in [-0.05, 0) is 57.0 Å². The Balaban J connectivity index is 2.21. The second kappa shape index (κ2) is 8.33. The normalized spacial score (nSPS) is 11.5. The zero-order chi connectivity index (χ0) is 18.4. The fraction of sp³-hybridized carbons (Fsp3) is 0.300. The van der Waals surface area contributed by atoms with Crippen LogP contribution in [0.15, 0.2) is 42.5 Å². The highest BCUT2D eigenvalue weighted by Crippen LogP contribution is 2.25. The van der Waals surface area contributed by atoms with Crippen LogP contribution in [0.5, 0.6) is 0 Å². The summed E-state index contributed by atoms with van der Waals surface area (Å²) in [6, 6.07) is 12.7. The summed E-state index contributed by atoms with van der Waals surface area (Å²) < 4.78 is 0. The van der Waals surface area contributed by atoms with Gasteiger partial charge in [-0.2, -0.15) is 0 Å². The van der Waals surface area contributed by atoms with Crippen molar-refractivity contribution in [3.63, 3.8) is 0 Å². The maximum Gasteiger partial charge on any atom is 0.254 e. The largest absolute Gasteiger partial charge is 0.355 e. The molecule has 0 saturated carbocycles. The van der Waals surface area contributed by atoms with Crippen LogP contribution < -0.4 is 16.0 Å². The first-order valence-corrected chi connectivity index (χ1v) is 8.44. The Morgan fingerprint density at radius 1 is 1.00 bits per heavy atom. The molecule has 0 bridgehead atoms. The maximum atomic E-state index is 12.6. The molecule has 5 nitrogen and oxygen atoms in total. The number of hydrogen-bond acceptors (Lipinski definition) is 3. The molecule has 0 unspecified atom stereocenters. The van der Waals surface area contributed by atoms with Crippen molar-refractivity contribution in [3.8, 4) is 0 Å². The minimum absolute atomic E-state index is 0.198. The highest BCUT2D eigenvalue weighted by Gasteiger charge is 2.18. The monoisotopic (exact) mass is 339 g/mol. The van der Waals surface area contributed by atoms with Gasteiger partial charge in [-0.1, -0.05) is 24.3 Å². The van der Waals surface area contributed by atoms with Gasteiger partial charge in [0.25, 0.3) is 5.91 Å². The van der Waals surface area contributed by atoms with Crippen LogP contribution >= 0.6 is 0 Å². The average molecular weight is 339 g/mol. The average Bonchev–Trinajstić information content (AvgIpc) is 2.59. The van der Waals surface area contributed by atoms with Gasteiger partial charge in [0.1, 0.15) is 6.04 Å². The molecule has 132 valence electrons. The van der Waals surface area contributed by atoms with Gasteiger partial charge in [0.2, 0.25) is 5.91 Å². The Kier molecular flexibility index (Phi) is 6.17. The van der Waals surface area contributed by atoms with E-state index in [2.05, 4.69) is 16.0 Å². The number of hydrogen-bond donors (Lipinski definition) is 3. The van der Waals surface area contributed by atoms with Gasteiger partial charge < -0.3 is 16.0 Å². The van der Waals surface area contributed by atoms with Crippen molar-refractivity contribution in [1.29, 1.82) is 0 Å². The van der Waals surface area contributed by atoms with Gasteiger partial charge in [0, 0.05) is 12.2 Å². The molecule has 0 aliphatic carbocycles. The first-order chi connectivity index (χ1) is 11.9. The maximum absolute atomic E-state index is 12.6. The molecule has 0 radical (unpaired) electrons. The predicted octanol–water partition coefficient (Wildman–Crippen LogP) is 3.30. The molecule has 0 heterocycles. The third-order valence-corrected chi connectivity index (χ3v) is 4.14. The van der Waals surface area contributed by atoms with Crippen LogP contribution in [0.2, 0.25) is 0 Å². The standard InChI is InChI=1S/C20H25N3O2/c1-5-21-19(24)15(4)22-20(25)16-10-6-7-11-18(16)23-17-12-8-9-13(2)14(17)3/h6-12,15,23H,5H2,1-4H3,(H,21,24)(H,22,25)/t15-/m0/s1. The predicted molar refractivity (Wildman–Crippen MR) is 101 cm³/mol. The van der Waals surface area contributed by atoms with Crippen LogP contribution in [0, 0.1) is 13.8 Å². The first-order valence-electron chi connectivity index (χ1n) is 8.44. The summed E-state index contributed by atoms with van der Waals surface area (Å²) in [6.45, 7) is 8.13. The van der Waals surface area contributed by atoms with Crippen molar-refractivity contribution in [1.82, 2.24) is 10.6 Å². The van der Waals surface area contributed by atoms with E-state index in [1.165, 1.54) is 5.56 Å². The summed E-state index contributed by atoms with van der Waals surface area (Å²) in [5.41, 5.74) is 4.47. The lowest BCUT2D eigenvalue weighted by Crippen LogP contribution is -2.44. The van der Waals surface area contributed by atoms with Gasteiger partial charge in [-0.15, -0.1) is 0 Å². The summed E-state index contributed by atoms with van der Waals surface area (Å²) >= 11 is 0. The van der Waals surface area contributed by atoms with E-state index >= 15 is 0 Å². The van der Waals surface area contributed by atoms with Gasteiger partial charge in [0.15, 0.2) is 0 Å². The number of nitrogens with one attached hydrogen (secondary N) is 3. The molecule has 0 aliphatic heterocycles. The molecule has 5 heteroatoms. The topological polar surface area (TPSA) is 70.2 Å². The smallest absolute Gasteiger partial charge is 0.254 e. The molecule has 2 amide bonds. The number of rotatable bonds is 6. The first kappa shape index (κ1) is 18.5. The van der Waals surface area contributed by atoms with E-state index in [-0.39, 0.29) is 11.8 Å². The number of amides is 2. The Bertz CT molecular complexity index is 771. The molecule has 0 spiro atoms. The summed E-state index contributed by atoms with van der Waals surface area (Å²) in [5, 5.41) is 8.77. The molecule has 2 aromatic carbocycles. The van der Waals surface area contributed by atoms with Crippen molar-refractivity contribution >= 4 is 23.2 Å². The Morgan fingerprint density at radius 3 is 2.40 bits per heavy atom. The third kappa shape index (κ3) is 4.59. The quantitative estimate of drug-likeness (QED) is 0.756. The van der Waals surface area contributed by atoms with Crippen LogP contribution in [-0.2, 0) is 4.79 Å². The molecule has 2 aromatic rings. The van der Waals surface area contributed by atoms with E-state index in [0.717, 1.165) is 11.3 Å². The molecule has 0 fully saturated rings. The van der Waals surface area contributed by atoms with E-state index < -0.39 is 6.04 Å². The Morgan fingerprint density at radius 2 is 1.68 bits per heavy atom. The van der Waals surface area contributed by atoms with Crippen LogP contribution in [0.3, 0.4) is 0 Å². The lowest BCUT2D eigenvalue weighted by atomic mass is 10.1. The number of aryl methyl sites for hydroxylation is 1. The number of carbonyl (C=O) groups is 2. The van der Waals surface area contributed by atoms with Crippen molar-refractivity contribution in [2.45, 2.75) is 33.7 Å². The van der Waals surface area contributed by atoms with Gasteiger partial charge >= 0.3 is 0 Å². The van der Waals surface area contributed by atoms with E-state index in [9.17, 15) is 9.59 Å². The SMILES string of the molecule is CCNC(=O)[C@H](C)NC(=O)c1ccccc1Nc1cccc(C)c1C. The zero-order valence-electron chi connectivity index (χ0n) is 15.1. The number of anilines is 2. The highest BCUT2D eigenvalue weighted by atomic mass is 16.2. The van der Waals surface area contributed by atoms with Crippen LogP contribution in [0.4, 0.5) is 11.4 Å². The number of likely N-dealkylation sites (N-methyl/N-ethyl adjacent to an activating group) is 1. The molecular formula is C20H25N3O2. The van der Waals surface area contributed by atoms with E-state index in [4.69, 9.17) is 0 Å². The lowest BCUT2D eigenvalue weighted by molar-refractivity contribution is -0.122. The molecule has 3 N–H and O–H groups in total. The highest BCUT2D eigenvalue weighted by molar-refractivity contribution is 6.02. The molecule has 1 atom stereocenters. The van der Waals surface area contributed by atoms with Crippen molar-refractivity contribution in [2.75, 3.05) is 11.9 Å². The summed E-state index contributed by atoms with van der Waals surface area (Å²) in [4.78, 5) is 24.4. The summed E-state index contributed by atoms with van der Waals surface area (Å²) in [6.07, 6.45) is 0. The molecule has 0 aliphatic rings. The van der Waals surface area contributed by atoms with Crippen LogP contribution in [-0.4, -0.2) is 24.4 Å². The fourth-order valence-corrected chi connectivity index (χ4v) is 2.49. The minimum atomic E-state index is -0.596. The third-order valence-electron chi connectivity index (χ3n) is 4.14. The Hall–Kier alpha value is -2.82. The number of carbonyl (C=O) groups excluding carboxylic acids is 2. The second-order valence-corrected chi connectivity index (χ2v) is 6.01. The summed E-state index contributed by atoms with van der Waals surface area (Å²) in [5.74, 6) is -0.483. The van der Waals surface area contributed by atoms with E-state index in [1.54, 1.807) is 19.1 Å². The van der Waals surface area contributed by atoms with E-state index in [1.807, 2.05) is 51.1 Å². The second-order valence-electron chi connectivity index (χ2n) is 6.01. The number of para-hydroxylation sites is 1. The van der Waals surface area contributed by atoms with Crippen molar-refractivity contribution in [2.24, 2.45) is 0 Å². The fourth-order valence-electron chi connectivity index (χ4n) is 2.49. The van der Waals surface area contributed by atoms with Crippen molar-refractivity contribution < 1.29 is 9.59 Å². The molecular weight excluding hydrogens is 314 g/mol. The van der Waals surface area contributed by atoms with Crippen molar-refractivity contribution in [3.05, 3.63) is 59.2 Å². The zero-order valence-corrected chi connectivity index (χ0v) is 15.1. The van der Waals surface area contributed by atoms with E-state index in [0.29, 0.717) is 17.8 Å². The molecule has 25 heavy (non-hydrogen) atoms. The molecule has 2 rings (SSSR count).